The number of piperazine rings is 1. The number of halogens is 3. The molecule has 2 fully saturated rings. The van der Waals surface area contributed by atoms with Crippen molar-refractivity contribution in [2.75, 3.05) is 116 Å². The van der Waals surface area contributed by atoms with Gasteiger partial charge in [-0.15, -0.1) is 11.3 Å². The summed E-state index contributed by atoms with van der Waals surface area (Å²) >= 11 is 8.11. The number of fused-ring (bicyclic) bond motifs is 1. The number of carbonyl (C=O) groups is 5. The van der Waals surface area contributed by atoms with E-state index in [9.17, 15) is 38.6 Å². The number of primary amides is 1. The number of β-amino-alcohol motifs (C(OH)–C–C–N with tert-alkyl or cyclic N) is 1. The normalized spacial score (nSPS) is 16.3. The molecule has 3 aromatic carbocycles. The lowest BCUT2D eigenvalue weighted by Crippen LogP contribution is -2.58. The number of likely N-dealkylation sites (N-methyl/N-ethyl adjacent to an activating group) is 1. The molecule has 5 aromatic rings. The fourth-order valence-electron chi connectivity index (χ4n) is 9.47. The Morgan fingerprint density at radius 1 is 0.915 bits per heavy atom. The van der Waals surface area contributed by atoms with Gasteiger partial charge in [0.1, 0.15) is 41.6 Å². The lowest BCUT2D eigenvalue weighted by molar-refractivity contribution is -0.144. The molecule has 2 aromatic heterocycles. The highest BCUT2D eigenvalue weighted by atomic mass is 35.5. The van der Waals surface area contributed by atoms with E-state index in [1.54, 1.807) is 44.7 Å². The van der Waals surface area contributed by atoms with E-state index in [1.807, 2.05) is 43.0 Å². The monoisotopic (exact) mass is 1180 g/mol. The molecule has 7 N–H and O–H groups in total. The summed E-state index contributed by atoms with van der Waals surface area (Å²) in [5.74, 6) is -3.75. The van der Waals surface area contributed by atoms with Crippen LogP contribution in [0, 0.1) is 24.0 Å². The zero-order valence-corrected chi connectivity index (χ0v) is 48.4. The van der Waals surface area contributed by atoms with E-state index >= 15 is 4.39 Å². The van der Waals surface area contributed by atoms with Crippen molar-refractivity contribution in [1.29, 1.82) is 0 Å². The number of hydrogen-bond acceptors (Lipinski definition) is 17. The number of aromatic nitrogens is 3. The minimum atomic E-state index is -1.01. The first-order chi connectivity index (χ1) is 39.1. The molecule has 0 unspecified atom stereocenters. The van der Waals surface area contributed by atoms with Crippen LogP contribution in [0.15, 0.2) is 54.0 Å². The number of likely N-dealkylation sites (tertiary alicyclic amines) is 1. The number of nitrogens with two attached hydrogens (primary N) is 1. The van der Waals surface area contributed by atoms with E-state index < -0.39 is 70.3 Å². The van der Waals surface area contributed by atoms with Crippen molar-refractivity contribution in [2.45, 2.75) is 71.7 Å². The van der Waals surface area contributed by atoms with Crippen molar-refractivity contribution in [1.82, 2.24) is 40.3 Å². The predicted molar refractivity (Wildman–Crippen MR) is 305 cm³/mol. The van der Waals surface area contributed by atoms with E-state index in [0.29, 0.717) is 18.9 Å². The molecular formula is C56H72ClF2N11O11S. The van der Waals surface area contributed by atoms with Crippen LogP contribution in [0.25, 0.3) is 32.5 Å². The third kappa shape index (κ3) is 16.2. The zero-order valence-electron chi connectivity index (χ0n) is 46.8. The molecule has 7 rings (SSSR count). The number of rotatable bonds is 26. The van der Waals surface area contributed by atoms with Gasteiger partial charge in [-0.2, -0.15) is 4.98 Å². The smallest absolute Gasteiger partial charge is 0.314 e. The first-order valence-electron chi connectivity index (χ1n) is 27.0. The molecule has 82 heavy (non-hydrogen) atoms. The van der Waals surface area contributed by atoms with Gasteiger partial charge in [0.25, 0.3) is 0 Å². The fourth-order valence-corrected chi connectivity index (χ4v) is 10.6. The van der Waals surface area contributed by atoms with E-state index in [-0.39, 0.29) is 138 Å². The molecule has 0 spiro atoms. The Bertz CT molecular complexity index is 3020. The van der Waals surface area contributed by atoms with Crippen LogP contribution in [-0.2, 0) is 38.1 Å². The molecule has 0 radical (unpaired) electrons. The van der Waals surface area contributed by atoms with Crippen molar-refractivity contribution < 1.29 is 61.9 Å². The highest BCUT2D eigenvalue weighted by Gasteiger charge is 2.45. The molecule has 444 valence electrons. The Morgan fingerprint density at radius 2 is 1.57 bits per heavy atom. The zero-order chi connectivity index (χ0) is 59.3. The van der Waals surface area contributed by atoms with Gasteiger partial charge in [0.05, 0.1) is 85.1 Å². The van der Waals surface area contributed by atoms with Crippen LogP contribution >= 0.6 is 22.9 Å². The summed E-state index contributed by atoms with van der Waals surface area (Å²) in [4.78, 5) is 86.2. The number of phenols is 1. The van der Waals surface area contributed by atoms with E-state index in [2.05, 4.69) is 30.9 Å². The van der Waals surface area contributed by atoms with Gasteiger partial charge in [0.2, 0.25) is 29.6 Å². The standard InChI is InChI=1S/C56H72ClF2N11O11S/c1-33(35-10-12-36(13-11-35)49-34(2)62-32-82-49)63-52(75)41-28-37(71)30-70(41)53(76)50(56(3,4)5)64-43(73)31-81-27-26-80-25-24-79-23-22-78-21-20-67(6)44(74)14-15-61-55-65-48-38(51(66-55)68-16-18-69(19-17-68)54(60)77)29-39(57)45(47(48)59)46-40(58)8-7-9-42(46)72/h7-13,29,32-33,37,41,50,71-72H,14-28,30-31H2,1-6H3,(H2,60,77)(H,63,75)(H,64,73)(H,61,65,66)/t33-,37+,41-,50+/m0/s1. The van der Waals surface area contributed by atoms with E-state index in [1.165, 1.54) is 32.9 Å². The number of urea groups is 1. The minimum absolute atomic E-state index is 0.0170. The first-order valence-corrected chi connectivity index (χ1v) is 28.2. The fraction of sp³-hybridized carbons (Fsp3) is 0.500. The van der Waals surface area contributed by atoms with E-state index in [4.69, 9.17) is 36.3 Å². The van der Waals surface area contributed by atoms with Crippen LogP contribution in [0.4, 0.5) is 25.3 Å². The average molecular weight is 1180 g/mol. The van der Waals surface area contributed by atoms with Gasteiger partial charge >= 0.3 is 6.03 Å². The summed E-state index contributed by atoms with van der Waals surface area (Å²) in [6.07, 6.45) is -0.833. The van der Waals surface area contributed by atoms with Crippen LogP contribution < -0.4 is 26.6 Å². The van der Waals surface area contributed by atoms with Crippen LogP contribution in [0.5, 0.6) is 5.75 Å². The molecule has 4 atom stereocenters. The highest BCUT2D eigenvalue weighted by molar-refractivity contribution is 7.13. The maximum atomic E-state index is 16.5. The number of thiazole rings is 1. The summed E-state index contributed by atoms with van der Waals surface area (Å²) in [6.45, 7) is 11.9. The number of carbonyl (C=O) groups excluding carboxylic acids is 5. The Morgan fingerprint density at radius 3 is 2.20 bits per heavy atom. The third-order valence-corrected chi connectivity index (χ3v) is 15.3. The summed E-state index contributed by atoms with van der Waals surface area (Å²) in [5.41, 5.74) is 8.38. The molecule has 0 aliphatic carbocycles. The predicted octanol–water partition coefficient (Wildman–Crippen LogP) is 5.26. The van der Waals surface area contributed by atoms with Crippen molar-refractivity contribution in [3.8, 4) is 27.3 Å². The SMILES string of the molecule is Cc1ncsc1-c1ccc([C@H](C)NC(=O)[C@@H]2C[C@@H](O)CN2C(=O)[C@@H](NC(=O)COCCOCCOCCOCCN(C)C(=O)CCNc2nc(N3CCN(C(N)=O)CC3)c3cc(Cl)c(-c4c(O)cccc4F)c(F)c3n2)C(C)(C)C)cc1. The van der Waals surface area contributed by atoms with Crippen molar-refractivity contribution in [3.05, 3.63) is 82.0 Å². The number of aromatic hydroxyl groups is 1. The van der Waals surface area contributed by atoms with E-state index in [0.717, 1.165) is 27.8 Å². The lowest BCUT2D eigenvalue weighted by atomic mass is 9.85. The molecule has 6 amide bonds. The molecule has 0 bridgehead atoms. The summed E-state index contributed by atoms with van der Waals surface area (Å²) < 4.78 is 53.8. The number of nitrogens with zero attached hydrogens (tertiary/aromatic N) is 7. The van der Waals surface area contributed by atoms with Gasteiger partial charge < -0.3 is 70.4 Å². The summed E-state index contributed by atoms with van der Waals surface area (Å²) in [6, 6.07) is 9.93. The molecule has 4 heterocycles. The van der Waals surface area contributed by atoms with Gasteiger partial charge in [0.15, 0.2) is 5.82 Å². The van der Waals surface area contributed by atoms with Gasteiger partial charge in [-0.1, -0.05) is 62.7 Å². The second kappa shape index (κ2) is 28.9. The molecule has 22 nitrogen and oxygen atoms in total. The number of aliphatic hydroxyl groups excluding tert-OH is 1. The first kappa shape index (κ1) is 62.7. The Labute approximate surface area is 483 Å². The topological polar surface area (TPSA) is 276 Å². The molecule has 2 saturated heterocycles. The van der Waals surface area contributed by atoms with Crippen molar-refractivity contribution in [2.24, 2.45) is 11.1 Å². The van der Waals surface area contributed by atoms with Crippen molar-refractivity contribution in [3.63, 3.8) is 0 Å². The number of nitrogens with one attached hydrogen (secondary N) is 3. The quantitative estimate of drug-likeness (QED) is 0.0385. The van der Waals surface area contributed by atoms with Crippen LogP contribution in [0.2, 0.25) is 5.02 Å². The van der Waals surface area contributed by atoms with Crippen LogP contribution in [0.1, 0.15) is 57.8 Å². The number of amides is 6. The molecule has 0 saturated carbocycles. The number of aliphatic hydroxyl groups is 1. The summed E-state index contributed by atoms with van der Waals surface area (Å²) in [7, 11) is 1.63. The summed E-state index contributed by atoms with van der Waals surface area (Å²) in [5, 5.41) is 29.9. The Balaban J connectivity index is 0.766. The molecule has 2 aliphatic heterocycles. The number of aryl methyl sites for hydroxylation is 1. The molecular weight excluding hydrogens is 1110 g/mol. The van der Waals surface area contributed by atoms with Gasteiger partial charge in [-0.3, -0.25) is 19.2 Å². The number of benzene rings is 3. The largest absolute Gasteiger partial charge is 0.507 e. The molecule has 26 heteroatoms. The van der Waals surface area contributed by atoms with Gasteiger partial charge in [-0.25, -0.2) is 23.5 Å². The number of phenolic OH excluding ortho intramolecular Hbond substituents is 1. The second-order valence-corrected chi connectivity index (χ2v) is 22.3. The Hall–Kier alpha value is -6.87. The van der Waals surface area contributed by atoms with Gasteiger partial charge in [0, 0.05) is 76.7 Å². The maximum Gasteiger partial charge on any atom is 0.314 e. The third-order valence-electron chi connectivity index (χ3n) is 14.0. The number of ether oxygens (including phenoxy) is 4. The average Bonchev–Trinajstić information content (AvgIpc) is 2.30. The maximum absolute atomic E-state index is 16.5. The number of anilines is 2. The Kier molecular flexibility index (Phi) is 22.1. The highest BCUT2D eigenvalue weighted by Crippen LogP contribution is 2.43. The lowest BCUT2D eigenvalue weighted by Gasteiger charge is -2.35. The minimum Gasteiger partial charge on any atom is -0.507 e. The van der Waals surface area contributed by atoms with Crippen LogP contribution in [-0.4, -0.2) is 193 Å². The van der Waals surface area contributed by atoms with Crippen molar-refractivity contribution >= 4 is 75.3 Å². The molecule has 2 aliphatic rings. The van der Waals surface area contributed by atoms with Crippen LogP contribution in [0.3, 0.4) is 0 Å². The second-order valence-electron chi connectivity index (χ2n) is 21.0. The van der Waals surface area contributed by atoms with Gasteiger partial charge in [-0.05, 0) is 48.6 Å². The number of hydrogen-bond donors (Lipinski definition) is 6.